The highest BCUT2D eigenvalue weighted by molar-refractivity contribution is 6.07. The predicted octanol–water partition coefficient (Wildman–Crippen LogP) is -0.510. The molecule has 6 atom stereocenters. The van der Waals surface area contributed by atoms with Gasteiger partial charge in [0.25, 0.3) is 11.8 Å². The molecule has 4 aliphatic heterocycles. The lowest BCUT2D eigenvalue weighted by molar-refractivity contribution is -0.169. The van der Waals surface area contributed by atoms with E-state index in [1.807, 2.05) is 24.3 Å². The monoisotopic (exact) mass is 414 g/mol. The Hall–Kier alpha value is -2.66. The molecule has 4 amide bonds. The van der Waals surface area contributed by atoms with Crippen molar-refractivity contribution in [1.29, 1.82) is 0 Å². The van der Waals surface area contributed by atoms with Crippen LogP contribution in [0.5, 0.6) is 0 Å². The summed E-state index contributed by atoms with van der Waals surface area (Å²) < 4.78 is 0. The number of hydrogen-bond donors (Lipinski definition) is 0. The highest BCUT2D eigenvalue weighted by Gasteiger charge is 2.59. The molecule has 0 N–H and O–H groups in total. The molecule has 0 aromatic heterocycles. The smallest absolute Gasteiger partial charge is 0.261 e. The lowest BCUT2D eigenvalue weighted by Gasteiger charge is -2.25. The van der Waals surface area contributed by atoms with E-state index in [9.17, 15) is 19.2 Å². The van der Waals surface area contributed by atoms with Crippen molar-refractivity contribution in [2.24, 2.45) is 11.8 Å². The van der Waals surface area contributed by atoms with E-state index in [-0.39, 0.29) is 23.6 Å². The second kappa shape index (κ2) is 6.42. The van der Waals surface area contributed by atoms with Gasteiger partial charge in [0.1, 0.15) is 0 Å². The van der Waals surface area contributed by atoms with E-state index in [2.05, 4.69) is 0 Å². The lowest BCUT2D eigenvalue weighted by atomic mass is 9.87. The van der Waals surface area contributed by atoms with Crippen molar-refractivity contribution in [3.05, 3.63) is 35.4 Å². The van der Waals surface area contributed by atoms with E-state index in [1.165, 1.54) is 14.1 Å². The predicted molar refractivity (Wildman–Crippen MR) is 99.7 cm³/mol. The molecule has 1 aromatic carbocycles. The zero-order valence-electron chi connectivity index (χ0n) is 17.0. The summed E-state index contributed by atoms with van der Waals surface area (Å²) in [5.74, 6) is -2.37. The minimum atomic E-state index is -0.801. The molecule has 158 valence electrons. The molecule has 10 heteroatoms. The van der Waals surface area contributed by atoms with Crippen LogP contribution in [0.25, 0.3) is 0 Å². The fourth-order valence-corrected chi connectivity index (χ4v) is 5.10. The van der Waals surface area contributed by atoms with Gasteiger partial charge in [0, 0.05) is 28.2 Å². The Morgan fingerprint density at radius 3 is 1.27 bits per heavy atom. The average Bonchev–Trinajstić information content (AvgIpc) is 3.37. The third kappa shape index (κ3) is 2.38. The molecule has 0 saturated carbocycles. The van der Waals surface area contributed by atoms with Crippen LogP contribution in [0.1, 0.15) is 23.2 Å². The minimum absolute atomic E-state index is 0.256. The molecule has 10 nitrogen and oxygen atoms in total. The van der Waals surface area contributed by atoms with Gasteiger partial charge in [0.2, 0.25) is 11.8 Å². The molecule has 4 aliphatic rings. The van der Waals surface area contributed by atoms with Crippen LogP contribution in [-0.2, 0) is 28.9 Å². The number of benzene rings is 1. The molecule has 4 fully saturated rings. The Kier molecular flexibility index (Phi) is 4.13. The molecule has 1 aromatic rings. The van der Waals surface area contributed by atoms with Crippen LogP contribution in [0.2, 0.25) is 0 Å². The summed E-state index contributed by atoms with van der Waals surface area (Å²) >= 11 is 0. The van der Waals surface area contributed by atoms with Crippen molar-refractivity contribution in [2.75, 3.05) is 28.2 Å². The van der Waals surface area contributed by atoms with Crippen molar-refractivity contribution in [3.8, 4) is 0 Å². The minimum Gasteiger partial charge on any atom is -0.284 e. The molecule has 4 saturated heterocycles. The van der Waals surface area contributed by atoms with Gasteiger partial charge in [-0.3, -0.25) is 38.7 Å². The van der Waals surface area contributed by atoms with E-state index in [0.29, 0.717) is 0 Å². The standard InChI is InChI=1S/C20H22N4O6/c1-21-17(25)11-13(23(3)29-15(11)19(21)27)9-5-7-10(8-6-9)14-12-16(30-24(14)4)20(28)22(2)18(12)26/h5-8,11-16H,1-4H3/t11-,12-,13-,14-,15+,16+/m0/s1. The fourth-order valence-electron chi connectivity index (χ4n) is 5.10. The van der Waals surface area contributed by atoms with Crippen LogP contribution in [0.15, 0.2) is 24.3 Å². The normalized spacial score (nSPS) is 36.9. The van der Waals surface area contributed by atoms with Crippen LogP contribution >= 0.6 is 0 Å². The molecule has 0 radical (unpaired) electrons. The first-order valence-corrected chi connectivity index (χ1v) is 9.74. The summed E-state index contributed by atoms with van der Waals surface area (Å²) in [5, 5.41) is 3.12. The van der Waals surface area contributed by atoms with Crippen LogP contribution in [0.4, 0.5) is 0 Å². The molecule has 0 spiro atoms. The van der Waals surface area contributed by atoms with Gasteiger partial charge in [-0.2, -0.15) is 10.1 Å². The van der Waals surface area contributed by atoms with Crippen molar-refractivity contribution >= 4 is 23.6 Å². The SMILES string of the molecule is CN1C(=O)[C@@H]2[C@@H](ON(C)[C@H]2c2ccc([C@H]3[C@@H]4C(=O)N(C)C(=O)[C@@H]4ON3C)cc2)C1=O. The second-order valence-corrected chi connectivity index (χ2v) is 8.22. The maximum atomic E-state index is 12.6. The highest BCUT2D eigenvalue weighted by Crippen LogP contribution is 2.45. The molecular weight excluding hydrogens is 392 g/mol. The fraction of sp³-hybridized carbons (Fsp3) is 0.500. The third-order valence-corrected chi connectivity index (χ3v) is 6.67. The number of fused-ring (bicyclic) bond motifs is 2. The van der Waals surface area contributed by atoms with Crippen LogP contribution in [0.3, 0.4) is 0 Å². The summed E-state index contributed by atoms with van der Waals surface area (Å²) in [6, 6.07) is 6.68. The zero-order chi connectivity index (χ0) is 21.5. The maximum Gasteiger partial charge on any atom is 0.261 e. The Morgan fingerprint density at radius 1 is 0.600 bits per heavy atom. The first-order chi connectivity index (χ1) is 14.2. The molecule has 0 aliphatic carbocycles. The van der Waals surface area contributed by atoms with E-state index >= 15 is 0 Å². The van der Waals surface area contributed by atoms with Crippen molar-refractivity contribution in [3.63, 3.8) is 0 Å². The van der Waals surface area contributed by atoms with Gasteiger partial charge in [0.05, 0.1) is 23.9 Å². The van der Waals surface area contributed by atoms with E-state index in [4.69, 9.17) is 9.68 Å². The van der Waals surface area contributed by atoms with Gasteiger partial charge < -0.3 is 0 Å². The van der Waals surface area contributed by atoms with E-state index in [0.717, 1.165) is 20.9 Å². The third-order valence-electron chi connectivity index (χ3n) is 6.67. The second-order valence-electron chi connectivity index (χ2n) is 8.22. The number of amides is 4. The van der Waals surface area contributed by atoms with Gasteiger partial charge >= 0.3 is 0 Å². The Bertz CT molecular complexity index is 888. The maximum absolute atomic E-state index is 12.6. The van der Waals surface area contributed by atoms with Crippen LogP contribution < -0.4 is 0 Å². The van der Waals surface area contributed by atoms with Crippen molar-refractivity contribution < 1.29 is 28.9 Å². The topological polar surface area (TPSA) is 99.7 Å². The Labute approximate surface area is 172 Å². The van der Waals surface area contributed by atoms with E-state index in [1.54, 1.807) is 24.2 Å². The summed E-state index contributed by atoms with van der Waals surface area (Å²) in [4.78, 5) is 63.2. The van der Waals surface area contributed by atoms with Crippen LogP contribution in [-0.4, -0.2) is 84.0 Å². The number of hydroxylamine groups is 4. The van der Waals surface area contributed by atoms with E-state index < -0.39 is 36.1 Å². The largest absolute Gasteiger partial charge is 0.284 e. The van der Waals surface area contributed by atoms with Gasteiger partial charge in [-0.1, -0.05) is 24.3 Å². The summed E-state index contributed by atoms with van der Waals surface area (Å²) in [6.45, 7) is 0. The van der Waals surface area contributed by atoms with Gasteiger partial charge in [-0.05, 0) is 11.1 Å². The zero-order valence-corrected chi connectivity index (χ0v) is 17.0. The number of nitrogens with zero attached hydrogens (tertiary/aromatic N) is 4. The molecule has 0 bridgehead atoms. The van der Waals surface area contributed by atoms with Crippen LogP contribution in [0, 0.1) is 11.8 Å². The number of hydrogen-bond acceptors (Lipinski definition) is 8. The van der Waals surface area contributed by atoms with Gasteiger partial charge in [-0.15, -0.1) is 0 Å². The first-order valence-electron chi connectivity index (χ1n) is 9.74. The molecular formula is C20H22N4O6. The number of carbonyl (C=O) groups excluding carboxylic acids is 4. The van der Waals surface area contributed by atoms with Gasteiger partial charge in [-0.25, -0.2) is 0 Å². The Morgan fingerprint density at radius 2 is 0.933 bits per heavy atom. The molecule has 30 heavy (non-hydrogen) atoms. The number of likely N-dealkylation sites (tertiary alicyclic amines) is 2. The Balaban J connectivity index is 1.44. The van der Waals surface area contributed by atoms with Gasteiger partial charge in [0.15, 0.2) is 12.2 Å². The number of rotatable bonds is 2. The summed E-state index contributed by atoms with van der Waals surface area (Å²) in [7, 11) is 6.35. The lowest BCUT2D eigenvalue weighted by Crippen LogP contribution is -2.33. The molecule has 5 rings (SSSR count). The number of carbonyl (C=O) groups is 4. The van der Waals surface area contributed by atoms with Crippen molar-refractivity contribution in [1.82, 2.24) is 19.9 Å². The van der Waals surface area contributed by atoms with Crippen molar-refractivity contribution in [2.45, 2.75) is 24.3 Å². The highest BCUT2D eigenvalue weighted by atomic mass is 16.7. The number of imide groups is 2. The first kappa shape index (κ1) is 19.3. The quantitative estimate of drug-likeness (QED) is 0.597. The average molecular weight is 414 g/mol. The molecule has 4 heterocycles. The summed E-state index contributed by atoms with van der Waals surface area (Å²) in [6.07, 6.45) is -1.60. The molecule has 0 unspecified atom stereocenters. The number of likely N-dealkylation sites (N-methyl/N-ethyl adjacent to an activating group) is 2. The summed E-state index contributed by atoms with van der Waals surface area (Å²) in [5.41, 5.74) is 1.66.